The van der Waals surface area contributed by atoms with Crippen molar-refractivity contribution in [3.05, 3.63) is 0 Å². The van der Waals surface area contributed by atoms with E-state index in [0.717, 1.165) is 0 Å². The molecule has 0 fully saturated rings. The van der Waals surface area contributed by atoms with Crippen LogP contribution in [0.1, 0.15) is 0 Å². The second kappa shape index (κ2) is 59.5. The maximum Gasteiger partial charge on any atom is 0 e. The number of hydrogen-bond donors (Lipinski definition) is 0. The minimum Gasteiger partial charge on any atom is 0 e. The summed E-state index contributed by atoms with van der Waals surface area (Å²) < 4.78 is 0. The molecule has 4 radical (unpaired) electrons. The maximum absolute atomic E-state index is 2.22. The molecule has 0 saturated heterocycles. The van der Waals surface area contributed by atoms with Crippen molar-refractivity contribution in [1.82, 2.24) is 0 Å². The quantitative estimate of drug-likeness (QED) is 0.439. The third kappa shape index (κ3) is 268. The summed E-state index contributed by atoms with van der Waals surface area (Å²) in [4.78, 5) is 0. The number of rotatable bonds is 0. The fraction of sp³-hybridized carbons (Fsp3) is 1.00. The van der Waals surface area contributed by atoms with E-state index in [1.165, 1.54) is 0 Å². The minimum atomic E-state index is 0. The molecule has 0 atom stereocenters. The first-order valence-electron chi connectivity index (χ1n) is 3.58. The fourth-order valence-electron chi connectivity index (χ4n) is 0. The minimum absolute atomic E-state index is 0. The zero-order valence-electron chi connectivity index (χ0n) is 10.3. The first kappa shape index (κ1) is 29.8. The van der Waals surface area contributed by atoms with Gasteiger partial charge in [0.1, 0.15) is 0 Å². The van der Waals surface area contributed by atoms with Gasteiger partial charge in [-0.1, -0.05) is 0 Å². The predicted molar refractivity (Wildman–Crippen MR) is 69.9 cm³/mol. The van der Waals surface area contributed by atoms with Gasteiger partial charge in [0, 0.05) is 26.2 Å². The third-order valence-corrected chi connectivity index (χ3v) is 0. The Morgan fingerprint density at radius 1 is 0.385 bits per heavy atom. The van der Waals surface area contributed by atoms with E-state index in [4.69, 9.17) is 0 Å². The molecule has 0 aromatic rings. The molecule has 0 aromatic carbocycles. The molecule has 0 N–H and O–H groups in total. The summed E-state index contributed by atoms with van der Waals surface area (Å²) in [5.41, 5.74) is 17.8. The Kier molecular flexibility index (Phi) is 136. The second-order valence-corrected chi connectivity index (χ2v) is 9.30. The Bertz CT molecular complexity index is 24.1. The van der Waals surface area contributed by atoms with Crippen LogP contribution in [0.3, 0.4) is 0 Å². The summed E-state index contributed by atoms with van der Waals surface area (Å²) in [5, 5.41) is 0. The zero-order chi connectivity index (χ0) is 10.8. The summed E-state index contributed by atoms with van der Waals surface area (Å²) in [7, 11) is 0. The van der Waals surface area contributed by atoms with E-state index < -0.39 is 0 Å². The molecule has 0 amide bonds. The number of hydrogen-bond acceptors (Lipinski definition) is 0. The smallest absolute Gasteiger partial charge is 0 e. The van der Waals surface area contributed by atoms with Gasteiger partial charge >= 0.3 is 109 Å². The van der Waals surface area contributed by atoms with Gasteiger partial charge in [-0.3, -0.25) is 0 Å². The molecule has 0 unspecified atom stereocenters. The molecular weight excluding hydrogens is 487 g/mol. The van der Waals surface area contributed by atoms with Crippen molar-refractivity contribution in [1.29, 1.82) is 0 Å². The van der Waals surface area contributed by atoms with Crippen LogP contribution in [0.4, 0.5) is 0 Å². The summed E-state index contributed by atoms with van der Waals surface area (Å²) in [6.45, 7) is 0. The second-order valence-electron chi connectivity index (χ2n) is 1.79. The topological polar surface area (TPSA) is 0 Å². The van der Waals surface area contributed by atoms with Gasteiger partial charge in [0.05, 0.1) is 0 Å². The summed E-state index contributed by atoms with van der Waals surface area (Å²) >= 11 is 2.75. The maximum atomic E-state index is 2.22. The summed E-state index contributed by atoms with van der Waals surface area (Å²) in [6, 6.07) is 0. The third-order valence-electron chi connectivity index (χ3n) is 0. The normalized spacial score (nSPS) is 5.54. The van der Waals surface area contributed by atoms with Gasteiger partial charge in [0.25, 0.3) is 0 Å². The fourth-order valence-corrected chi connectivity index (χ4v) is 0. The molecular formula is C8H24As4Zr. The van der Waals surface area contributed by atoms with E-state index in [1.807, 2.05) is 0 Å². The Morgan fingerprint density at radius 3 is 0.385 bits per heavy atom. The zero-order valence-corrected chi connectivity index (χ0v) is 20.3. The van der Waals surface area contributed by atoms with E-state index in [-0.39, 0.29) is 26.2 Å². The molecule has 0 saturated carbocycles. The SMILES string of the molecule is C[As]C.C[As]C.C[As]C.C[As]C.[Zr]. The van der Waals surface area contributed by atoms with Crippen molar-refractivity contribution in [2.45, 2.75) is 45.7 Å². The van der Waals surface area contributed by atoms with Gasteiger partial charge in [-0.2, -0.15) is 0 Å². The van der Waals surface area contributed by atoms with Crippen LogP contribution in [0.25, 0.3) is 0 Å². The van der Waals surface area contributed by atoms with E-state index in [0.29, 0.717) is 63.0 Å². The van der Waals surface area contributed by atoms with Crippen molar-refractivity contribution in [2.75, 3.05) is 0 Å². The van der Waals surface area contributed by atoms with E-state index in [9.17, 15) is 0 Å². The average Bonchev–Trinajstić information content (AvgIpc) is 1.92. The molecule has 13 heavy (non-hydrogen) atoms. The van der Waals surface area contributed by atoms with Crippen LogP contribution in [-0.4, -0.2) is 63.0 Å². The van der Waals surface area contributed by atoms with Crippen molar-refractivity contribution in [2.24, 2.45) is 0 Å². The molecule has 0 aromatic heterocycles. The van der Waals surface area contributed by atoms with Gasteiger partial charge in [-0.25, -0.2) is 0 Å². The van der Waals surface area contributed by atoms with Crippen LogP contribution in [-0.2, 0) is 26.2 Å². The molecule has 0 aliphatic rings. The van der Waals surface area contributed by atoms with Gasteiger partial charge < -0.3 is 0 Å². The summed E-state index contributed by atoms with van der Waals surface area (Å²) in [5.74, 6) is 0. The molecule has 0 nitrogen and oxygen atoms in total. The molecule has 0 aliphatic carbocycles. The van der Waals surface area contributed by atoms with Gasteiger partial charge in [0.15, 0.2) is 0 Å². The summed E-state index contributed by atoms with van der Waals surface area (Å²) in [6.07, 6.45) is 0. The van der Waals surface area contributed by atoms with Crippen LogP contribution in [0, 0.1) is 0 Å². The standard InChI is InChI=1S/4C2H6As.Zr/c4*1-3-2;/h4*1-2H3;. The predicted octanol–water partition coefficient (Wildman–Crippen LogP) is 3.14. The Labute approximate surface area is 133 Å². The average molecular weight is 511 g/mol. The van der Waals surface area contributed by atoms with Gasteiger partial charge in [-0.05, 0) is 0 Å². The van der Waals surface area contributed by atoms with E-state index >= 15 is 0 Å². The molecule has 0 rings (SSSR count). The van der Waals surface area contributed by atoms with E-state index in [2.05, 4.69) is 45.7 Å². The van der Waals surface area contributed by atoms with Crippen LogP contribution >= 0.6 is 0 Å². The first-order valence-corrected chi connectivity index (χ1v) is 18.6. The van der Waals surface area contributed by atoms with Crippen molar-refractivity contribution in [3.63, 3.8) is 0 Å². The van der Waals surface area contributed by atoms with Crippen molar-refractivity contribution in [3.8, 4) is 0 Å². The molecule has 5 heteroatoms. The van der Waals surface area contributed by atoms with Crippen LogP contribution in [0.2, 0.25) is 45.7 Å². The Morgan fingerprint density at radius 2 is 0.385 bits per heavy atom. The van der Waals surface area contributed by atoms with Crippen LogP contribution < -0.4 is 0 Å². The first-order chi connectivity index (χ1) is 5.66. The molecule has 0 heterocycles. The molecule has 80 valence electrons. The Balaban J connectivity index is -0.0000000213. The largest absolute Gasteiger partial charge is 0 e. The monoisotopic (exact) mass is 510 g/mol. The molecule has 0 bridgehead atoms. The van der Waals surface area contributed by atoms with Crippen molar-refractivity contribution >= 4 is 63.0 Å². The molecule has 0 aliphatic heterocycles. The van der Waals surface area contributed by atoms with E-state index in [1.54, 1.807) is 0 Å². The van der Waals surface area contributed by atoms with Crippen LogP contribution in [0.15, 0.2) is 0 Å². The molecule has 0 spiro atoms. The Hall–Kier alpha value is 3.12. The van der Waals surface area contributed by atoms with Crippen molar-refractivity contribution < 1.29 is 26.2 Å². The van der Waals surface area contributed by atoms with Gasteiger partial charge in [-0.15, -0.1) is 0 Å². The van der Waals surface area contributed by atoms with Crippen LogP contribution in [0.5, 0.6) is 0 Å². The van der Waals surface area contributed by atoms with Gasteiger partial charge in [0.2, 0.25) is 0 Å².